The van der Waals surface area contributed by atoms with Crippen LogP contribution in [0.2, 0.25) is 0 Å². The summed E-state index contributed by atoms with van der Waals surface area (Å²) in [7, 11) is 0. The molecule has 106 valence electrons. The van der Waals surface area contributed by atoms with Crippen LogP contribution in [0, 0.1) is 0 Å². The number of furan rings is 1. The summed E-state index contributed by atoms with van der Waals surface area (Å²) in [6.45, 7) is 0.662. The number of aliphatic hydroxyl groups excluding tert-OH is 1. The van der Waals surface area contributed by atoms with Crippen molar-refractivity contribution in [3.8, 4) is 11.7 Å². The second kappa shape index (κ2) is 4.71. The second-order valence-corrected chi connectivity index (χ2v) is 5.66. The Kier molecular flexibility index (Phi) is 2.85. The van der Waals surface area contributed by atoms with Crippen LogP contribution in [0.25, 0.3) is 11.7 Å². The highest BCUT2D eigenvalue weighted by Gasteiger charge is 2.40. The third kappa shape index (κ3) is 2.05. The monoisotopic (exact) mass is 275 g/mol. The first-order valence-corrected chi connectivity index (χ1v) is 7.09. The summed E-state index contributed by atoms with van der Waals surface area (Å²) in [5.41, 5.74) is 0. The van der Waals surface area contributed by atoms with Crippen molar-refractivity contribution in [1.82, 2.24) is 15.1 Å². The molecule has 0 radical (unpaired) electrons. The van der Waals surface area contributed by atoms with E-state index in [0.717, 1.165) is 25.7 Å². The number of piperidine rings is 1. The fourth-order valence-corrected chi connectivity index (χ4v) is 3.48. The highest BCUT2D eigenvalue weighted by molar-refractivity contribution is 5.42. The van der Waals surface area contributed by atoms with E-state index >= 15 is 0 Å². The van der Waals surface area contributed by atoms with Crippen LogP contribution in [0.4, 0.5) is 0 Å². The molecule has 2 aromatic heterocycles. The molecule has 0 spiro atoms. The van der Waals surface area contributed by atoms with Crippen LogP contribution in [0.1, 0.15) is 31.6 Å². The Morgan fingerprint density at radius 3 is 2.75 bits per heavy atom. The molecule has 0 amide bonds. The summed E-state index contributed by atoms with van der Waals surface area (Å²) in [4.78, 5) is 2.39. The maximum Gasteiger partial charge on any atom is 0.283 e. The minimum atomic E-state index is -0.148. The molecule has 4 heterocycles. The van der Waals surface area contributed by atoms with Crippen LogP contribution in [0.15, 0.2) is 27.2 Å². The van der Waals surface area contributed by atoms with E-state index in [1.165, 1.54) is 0 Å². The molecule has 2 aliphatic heterocycles. The third-order valence-electron chi connectivity index (χ3n) is 4.38. The fourth-order valence-electron chi connectivity index (χ4n) is 3.48. The lowest BCUT2D eigenvalue weighted by molar-refractivity contribution is 0.0267. The molecule has 2 atom stereocenters. The van der Waals surface area contributed by atoms with E-state index in [-0.39, 0.29) is 6.10 Å². The van der Waals surface area contributed by atoms with Gasteiger partial charge in [-0.2, -0.15) is 0 Å². The molecule has 0 aromatic carbocycles. The smallest absolute Gasteiger partial charge is 0.283 e. The number of rotatable bonds is 3. The lowest BCUT2D eigenvalue weighted by Gasteiger charge is -2.36. The molecule has 6 nitrogen and oxygen atoms in total. The van der Waals surface area contributed by atoms with Gasteiger partial charge in [-0.1, -0.05) is 0 Å². The minimum Gasteiger partial charge on any atom is -0.459 e. The van der Waals surface area contributed by atoms with Crippen LogP contribution < -0.4 is 0 Å². The summed E-state index contributed by atoms with van der Waals surface area (Å²) in [6.07, 6.45) is 5.46. The van der Waals surface area contributed by atoms with E-state index in [0.29, 0.717) is 36.2 Å². The number of hydrogen-bond acceptors (Lipinski definition) is 6. The molecule has 20 heavy (non-hydrogen) atoms. The van der Waals surface area contributed by atoms with Gasteiger partial charge in [-0.15, -0.1) is 10.2 Å². The van der Waals surface area contributed by atoms with Crippen LogP contribution in [0.5, 0.6) is 0 Å². The first-order valence-electron chi connectivity index (χ1n) is 7.09. The lowest BCUT2D eigenvalue weighted by atomic mass is 10.00. The number of hydrogen-bond donors (Lipinski definition) is 1. The van der Waals surface area contributed by atoms with Crippen molar-refractivity contribution in [2.24, 2.45) is 0 Å². The Bertz CT molecular complexity index is 566. The van der Waals surface area contributed by atoms with Gasteiger partial charge in [0.1, 0.15) is 0 Å². The molecule has 6 heteroatoms. The molecule has 2 bridgehead atoms. The van der Waals surface area contributed by atoms with Crippen molar-refractivity contribution >= 4 is 0 Å². The van der Waals surface area contributed by atoms with Gasteiger partial charge in [-0.05, 0) is 37.8 Å². The summed E-state index contributed by atoms with van der Waals surface area (Å²) >= 11 is 0. The zero-order chi connectivity index (χ0) is 13.5. The maximum atomic E-state index is 9.81. The van der Waals surface area contributed by atoms with Crippen molar-refractivity contribution < 1.29 is 13.9 Å². The largest absolute Gasteiger partial charge is 0.459 e. The van der Waals surface area contributed by atoms with Gasteiger partial charge < -0.3 is 13.9 Å². The molecule has 1 N–H and O–H groups in total. The molecular weight excluding hydrogens is 258 g/mol. The van der Waals surface area contributed by atoms with Crippen LogP contribution in [-0.4, -0.2) is 38.4 Å². The third-order valence-corrected chi connectivity index (χ3v) is 4.38. The summed E-state index contributed by atoms with van der Waals surface area (Å²) in [5, 5.41) is 17.9. The van der Waals surface area contributed by atoms with E-state index in [1.807, 2.05) is 0 Å². The highest BCUT2D eigenvalue weighted by Crippen LogP contribution is 2.36. The van der Waals surface area contributed by atoms with Crippen molar-refractivity contribution in [2.45, 2.75) is 50.4 Å². The zero-order valence-electron chi connectivity index (χ0n) is 11.1. The van der Waals surface area contributed by atoms with Crippen molar-refractivity contribution in [3.63, 3.8) is 0 Å². The van der Waals surface area contributed by atoms with E-state index in [1.54, 1.807) is 18.4 Å². The molecule has 2 aromatic rings. The number of fused-ring (bicyclic) bond motifs is 2. The Balaban J connectivity index is 1.50. The first-order chi connectivity index (χ1) is 9.79. The first kappa shape index (κ1) is 12.1. The maximum absolute atomic E-state index is 9.81. The van der Waals surface area contributed by atoms with Crippen LogP contribution >= 0.6 is 0 Å². The van der Waals surface area contributed by atoms with Gasteiger partial charge in [-0.3, -0.25) is 4.90 Å². The average molecular weight is 275 g/mol. The van der Waals surface area contributed by atoms with Gasteiger partial charge in [0.05, 0.1) is 18.9 Å². The number of aliphatic hydroxyl groups is 1. The quantitative estimate of drug-likeness (QED) is 0.920. The Hall–Kier alpha value is -1.66. The summed E-state index contributed by atoms with van der Waals surface area (Å²) in [5.74, 6) is 1.64. The van der Waals surface area contributed by atoms with Gasteiger partial charge in [-0.25, -0.2) is 0 Å². The van der Waals surface area contributed by atoms with Gasteiger partial charge in [0.25, 0.3) is 5.89 Å². The Morgan fingerprint density at radius 1 is 1.25 bits per heavy atom. The summed E-state index contributed by atoms with van der Waals surface area (Å²) in [6, 6.07) is 4.49. The van der Waals surface area contributed by atoms with Gasteiger partial charge in [0.2, 0.25) is 5.89 Å². The standard InChI is InChI=1S/C14H17N3O3/c18-11-6-9-3-4-10(7-11)17(9)8-13-15-16-14(20-13)12-2-1-5-19-12/h1-2,5,9-11,18H,3-4,6-8H2. The number of nitrogens with zero attached hydrogens (tertiary/aromatic N) is 3. The predicted octanol–water partition coefficient (Wildman–Crippen LogP) is 1.82. The van der Waals surface area contributed by atoms with E-state index < -0.39 is 0 Å². The van der Waals surface area contributed by atoms with Crippen molar-refractivity contribution in [1.29, 1.82) is 0 Å². The average Bonchev–Trinajstić information content (AvgIpc) is 3.12. The van der Waals surface area contributed by atoms with E-state index in [2.05, 4.69) is 15.1 Å². The van der Waals surface area contributed by atoms with Gasteiger partial charge in [0.15, 0.2) is 5.76 Å². The zero-order valence-corrected chi connectivity index (χ0v) is 11.1. The minimum absolute atomic E-state index is 0.148. The van der Waals surface area contributed by atoms with E-state index in [4.69, 9.17) is 8.83 Å². The fraction of sp³-hybridized carbons (Fsp3) is 0.571. The lowest BCUT2D eigenvalue weighted by Crippen LogP contribution is -2.44. The molecular formula is C14H17N3O3. The van der Waals surface area contributed by atoms with Crippen molar-refractivity contribution in [3.05, 3.63) is 24.3 Å². The second-order valence-electron chi connectivity index (χ2n) is 5.66. The SMILES string of the molecule is OC1CC2CCC(C1)N2Cc1nnc(-c2ccco2)o1. The molecule has 2 fully saturated rings. The number of aromatic nitrogens is 2. The predicted molar refractivity (Wildman–Crippen MR) is 69.6 cm³/mol. The molecule has 0 aliphatic carbocycles. The normalized spacial score (nSPS) is 29.9. The highest BCUT2D eigenvalue weighted by atomic mass is 16.4. The van der Waals surface area contributed by atoms with Crippen LogP contribution in [-0.2, 0) is 6.54 Å². The van der Waals surface area contributed by atoms with Crippen molar-refractivity contribution in [2.75, 3.05) is 0 Å². The molecule has 0 saturated carbocycles. The van der Waals surface area contributed by atoms with E-state index in [9.17, 15) is 5.11 Å². The Morgan fingerprint density at radius 2 is 2.05 bits per heavy atom. The molecule has 2 unspecified atom stereocenters. The topological polar surface area (TPSA) is 75.5 Å². The van der Waals surface area contributed by atoms with Gasteiger partial charge in [0, 0.05) is 12.1 Å². The Labute approximate surface area is 116 Å². The van der Waals surface area contributed by atoms with Gasteiger partial charge >= 0.3 is 0 Å². The molecule has 2 saturated heterocycles. The van der Waals surface area contributed by atoms with Crippen LogP contribution in [0.3, 0.4) is 0 Å². The molecule has 2 aliphatic rings. The molecule has 4 rings (SSSR count). The summed E-state index contributed by atoms with van der Waals surface area (Å²) < 4.78 is 10.9.